The summed E-state index contributed by atoms with van der Waals surface area (Å²) in [4.78, 5) is 13.7. The molecule has 0 bridgehead atoms. The minimum absolute atomic E-state index is 0.0173. The normalized spacial score (nSPS) is 11.4. The molecule has 0 saturated heterocycles. The molecular weight excluding hydrogens is 302 g/mol. The number of aromatic nitrogens is 2. The maximum atomic E-state index is 13.8. The predicted octanol–water partition coefficient (Wildman–Crippen LogP) is 3.34. The lowest BCUT2D eigenvalue weighted by Crippen LogP contribution is -2.20. The van der Waals surface area contributed by atoms with Crippen LogP contribution in [0.2, 0.25) is 0 Å². The van der Waals surface area contributed by atoms with E-state index in [0.717, 1.165) is 11.8 Å². The fourth-order valence-electron chi connectivity index (χ4n) is 1.84. The highest BCUT2D eigenvalue weighted by molar-refractivity contribution is 5.83. The van der Waals surface area contributed by atoms with Gasteiger partial charge in [-0.3, -0.25) is 0 Å². The second-order valence-electron chi connectivity index (χ2n) is 5.02. The number of benzene rings is 1. The molecular formula is C16H18F2N4O. The summed E-state index contributed by atoms with van der Waals surface area (Å²) < 4.78 is 32.0. The summed E-state index contributed by atoms with van der Waals surface area (Å²) in [6, 6.07) is 5.89. The minimum atomic E-state index is -0.619. The topological polar surface area (TPSA) is 50.6 Å². The van der Waals surface area contributed by atoms with Gasteiger partial charge in [0, 0.05) is 20.5 Å². The van der Waals surface area contributed by atoms with Crippen molar-refractivity contribution in [3.63, 3.8) is 0 Å². The van der Waals surface area contributed by atoms with E-state index in [0.29, 0.717) is 12.3 Å². The second-order valence-corrected chi connectivity index (χ2v) is 5.02. The van der Waals surface area contributed by atoms with E-state index in [9.17, 15) is 8.78 Å². The highest BCUT2D eigenvalue weighted by Crippen LogP contribution is 2.18. The lowest BCUT2D eigenvalue weighted by Gasteiger charge is -2.13. The van der Waals surface area contributed by atoms with Crippen LogP contribution < -0.4 is 4.74 Å². The number of hydrogen-bond donors (Lipinski definition) is 0. The summed E-state index contributed by atoms with van der Waals surface area (Å²) in [6.45, 7) is 2.08. The van der Waals surface area contributed by atoms with E-state index in [4.69, 9.17) is 4.74 Å². The molecule has 23 heavy (non-hydrogen) atoms. The first-order chi connectivity index (χ1) is 11.0. The molecule has 5 nitrogen and oxygen atoms in total. The molecule has 0 unspecified atom stereocenters. The number of ether oxygens (including phenoxy) is 1. The van der Waals surface area contributed by atoms with E-state index in [-0.39, 0.29) is 24.3 Å². The van der Waals surface area contributed by atoms with Crippen molar-refractivity contribution in [1.29, 1.82) is 0 Å². The highest BCUT2D eigenvalue weighted by atomic mass is 19.1. The summed E-state index contributed by atoms with van der Waals surface area (Å²) in [6.07, 6.45) is 1.66. The van der Waals surface area contributed by atoms with Gasteiger partial charge in [0.15, 0.2) is 11.6 Å². The first-order valence-electron chi connectivity index (χ1n) is 7.14. The van der Waals surface area contributed by atoms with Gasteiger partial charge in [0.25, 0.3) is 0 Å². The van der Waals surface area contributed by atoms with Gasteiger partial charge >= 0.3 is 6.01 Å². The smallest absolute Gasteiger partial charge is 0.318 e. The number of aliphatic imine (C=N–C) groups is 1. The Hall–Kier alpha value is -2.57. The van der Waals surface area contributed by atoms with Crippen LogP contribution in [0.1, 0.15) is 18.9 Å². The summed E-state index contributed by atoms with van der Waals surface area (Å²) in [7, 11) is 3.65. The Morgan fingerprint density at radius 1 is 1.22 bits per heavy atom. The van der Waals surface area contributed by atoms with Crippen LogP contribution in [0.4, 0.5) is 14.6 Å². The Kier molecular flexibility index (Phi) is 5.56. The molecule has 0 spiro atoms. The van der Waals surface area contributed by atoms with Gasteiger partial charge in [0.2, 0.25) is 0 Å². The van der Waals surface area contributed by atoms with Gasteiger partial charge in [-0.25, -0.2) is 18.8 Å². The van der Waals surface area contributed by atoms with E-state index in [1.807, 2.05) is 21.0 Å². The number of halogens is 2. The third-order valence-corrected chi connectivity index (χ3v) is 3.05. The van der Waals surface area contributed by atoms with E-state index >= 15 is 0 Å². The average molecular weight is 320 g/mol. The SMILES string of the molecule is CC/C(=N\c1nc(OCc2ccc(F)cc2)ncc1F)N(C)C. The Bertz CT molecular complexity index is 687. The molecule has 0 amide bonds. The molecule has 0 aliphatic carbocycles. The molecule has 1 heterocycles. The molecule has 1 aromatic carbocycles. The van der Waals surface area contributed by atoms with Gasteiger partial charge in [-0.2, -0.15) is 4.98 Å². The fourth-order valence-corrected chi connectivity index (χ4v) is 1.84. The van der Waals surface area contributed by atoms with Crippen LogP contribution >= 0.6 is 0 Å². The van der Waals surface area contributed by atoms with E-state index < -0.39 is 5.82 Å². The fraction of sp³-hybridized carbons (Fsp3) is 0.312. The molecule has 0 saturated carbocycles. The zero-order valence-corrected chi connectivity index (χ0v) is 13.3. The predicted molar refractivity (Wildman–Crippen MR) is 83.8 cm³/mol. The number of nitrogens with zero attached hydrogens (tertiary/aromatic N) is 4. The van der Waals surface area contributed by atoms with Crippen LogP contribution in [-0.2, 0) is 6.61 Å². The highest BCUT2D eigenvalue weighted by Gasteiger charge is 2.09. The first kappa shape index (κ1) is 16.8. The molecule has 0 radical (unpaired) electrons. The van der Waals surface area contributed by atoms with Crippen LogP contribution in [0.3, 0.4) is 0 Å². The first-order valence-corrected chi connectivity index (χ1v) is 7.14. The molecule has 0 aliphatic rings. The van der Waals surface area contributed by atoms with Crippen LogP contribution in [0.25, 0.3) is 0 Å². The van der Waals surface area contributed by atoms with Crippen LogP contribution in [-0.4, -0.2) is 34.8 Å². The zero-order valence-electron chi connectivity index (χ0n) is 13.3. The Balaban J connectivity index is 2.15. The van der Waals surface area contributed by atoms with Crippen molar-refractivity contribution in [3.8, 4) is 6.01 Å². The maximum absolute atomic E-state index is 13.8. The van der Waals surface area contributed by atoms with E-state index in [2.05, 4.69) is 15.0 Å². The van der Waals surface area contributed by atoms with Crippen molar-refractivity contribution in [1.82, 2.24) is 14.9 Å². The lowest BCUT2D eigenvalue weighted by molar-refractivity contribution is 0.279. The van der Waals surface area contributed by atoms with Crippen LogP contribution in [0.15, 0.2) is 35.5 Å². The largest absolute Gasteiger partial charge is 0.459 e. The minimum Gasteiger partial charge on any atom is -0.459 e. The van der Waals surface area contributed by atoms with E-state index in [1.54, 1.807) is 17.0 Å². The monoisotopic (exact) mass is 320 g/mol. The summed E-state index contributed by atoms with van der Waals surface area (Å²) >= 11 is 0. The molecule has 1 aromatic heterocycles. The van der Waals surface area contributed by atoms with Gasteiger partial charge in [0.05, 0.1) is 6.20 Å². The van der Waals surface area contributed by atoms with Gasteiger partial charge in [-0.1, -0.05) is 19.1 Å². The van der Waals surface area contributed by atoms with Crippen molar-refractivity contribution in [2.75, 3.05) is 14.1 Å². The van der Waals surface area contributed by atoms with Crippen molar-refractivity contribution in [2.45, 2.75) is 20.0 Å². The Labute approximate surface area is 133 Å². The lowest BCUT2D eigenvalue weighted by atomic mass is 10.2. The number of amidine groups is 1. The van der Waals surface area contributed by atoms with Crippen molar-refractivity contribution in [3.05, 3.63) is 47.7 Å². The summed E-state index contributed by atoms with van der Waals surface area (Å²) in [5.41, 5.74) is 0.756. The van der Waals surface area contributed by atoms with Crippen molar-refractivity contribution >= 4 is 11.7 Å². The van der Waals surface area contributed by atoms with Gasteiger partial charge in [0.1, 0.15) is 18.3 Å². The summed E-state index contributed by atoms with van der Waals surface area (Å²) in [5, 5.41) is 0. The van der Waals surface area contributed by atoms with Gasteiger partial charge in [-0.05, 0) is 17.7 Å². The molecule has 0 N–H and O–H groups in total. The molecule has 0 fully saturated rings. The zero-order chi connectivity index (χ0) is 16.8. The Morgan fingerprint density at radius 2 is 1.91 bits per heavy atom. The molecule has 7 heteroatoms. The molecule has 2 aromatic rings. The van der Waals surface area contributed by atoms with Crippen molar-refractivity contribution < 1.29 is 13.5 Å². The quantitative estimate of drug-likeness (QED) is 0.626. The molecule has 0 atom stereocenters. The van der Waals surface area contributed by atoms with Crippen molar-refractivity contribution in [2.24, 2.45) is 4.99 Å². The Morgan fingerprint density at radius 3 is 2.52 bits per heavy atom. The van der Waals surface area contributed by atoms with Crippen LogP contribution in [0.5, 0.6) is 6.01 Å². The summed E-state index contributed by atoms with van der Waals surface area (Å²) in [5.74, 6) is -0.321. The molecule has 0 aliphatic heterocycles. The second kappa shape index (κ2) is 7.62. The van der Waals surface area contributed by atoms with Gasteiger partial charge < -0.3 is 9.64 Å². The third kappa shape index (κ3) is 4.70. The maximum Gasteiger partial charge on any atom is 0.318 e. The number of hydrogen-bond acceptors (Lipinski definition) is 4. The third-order valence-electron chi connectivity index (χ3n) is 3.05. The standard InChI is InChI=1S/C16H18F2N4O/c1-4-14(22(2)3)20-15-13(18)9-19-16(21-15)23-10-11-5-7-12(17)8-6-11/h5-9H,4,10H2,1-3H3/b20-14+. The number of rotatable bonds is 5. The molecule has 122 valence electrons. The molecule has 2 rings (SSSR count). The van der Waals surface area contributed by atoms with E-state index in [1.165, 1.54) is 12.1 Å². The van der Waals surface area contributed by atoms with Gasteiger partial charge in [-0.15, -0.1) is 0 Å². The average Bonchev–Trinajstić information content (AvgIpc) is 2.54. The van der Waals surface area contributed by atoms with Crippen LogP contribution in [0, 0.1) is 11.6 Å².